The van der Waals surface area contributed by atoms with Gasteiger partial charge in [-0.15, -0.1) is 11.3 Å². The molecule has 1 aliphatic rings. The average Bonchev–Trinajstić information content (AvgIpc) is 3.26. The molecule has 3 rings (SSSR count). The lowest BCUT2D eigenvalue weighted by Crippen LogP contribution is -2.20. The van der Waals surface area contributed by atoms with Crippen molar-refractivity contribution < 1.29 is 23.5 Å². The zero-order chi connectivity index (χ0) is 24.0. The Morgan fingerprint density at radius 2 is 1.91 bits per heavy atom. The Labute approximate surface area is 193 Å². The van der Waals surface area contributed by atoms with Crippen molar-refractivity contribution in [1.29, 1.82) is 0 Å². The van der Waals surface area contributed by atoms with E-state index in [0.29, 0.717) is 13.2 Å². The van der Waals surface area contributed by atoms with E-state index in [2.05, 4.69) is 38.1 Å². The van der Waals surface area contributed by atoms with Crippen molar-refractivity contribution >= 4 is 21.3 Å². The van der Waals surface area contributed by atoms with E-state index in [0.717, 1.165) is 45.2 Å². The van der Waals surface area contributed by atoms with Crippen molar-refractivity contribution in [2.75, 3.05) is 0 Å². The lowest BCUT2D eigenvalue weighted by atomic mass is 9.82. The molecule has 0 saturated heterocycles. The third kappa shape index (κ3) is 5.08. The van der Waals surface area contributed by atoms with E-state index in [1.165, 1.54) is 13.8 Å². The zero-order valence-electron chi connectivity index (χ0n) is 19.4. The molecule has 0 spiro atoms. The molecule has 0 bridgehead atoms. The molecule has 4 N–H and O–H groups in total. The second-order valence-electron chi connectivity index (χ2n) is 9.46. The van der Waals surface area contributed by atoms with E-state index in [4.69, 9.17) is 9.88 Å². The lowest BCUT2D eigenvalue weighted by Gasteiger charge is -2.24. The van der Waals surface area contributed by atoms with E-state index in [9.17, 15) is 18.8 Å². The highest BCUT2D eigenvalue weighted by molar-refractivity contribution is 7.93. The fraction of sp³-hybridized carbons (Fsp3) is 0.565. The Morgan fingerprint density at radius 1 is 1.25 bits per heavy atom. The second-order valence-corrected chi connectivity index (χ2v) is 12.5. The molecule has 1 aromatic heterocycles. The highest BCUT2D eigenvalue weighted by Gasteiger charge is 2.28. The van der Waals surface area contributed by atoms with E-state index in [-0.39, 0.29) is 27.3 Å². The summed E-state index contributed by atoms with van der Waals surface area (Å²) in [5.74, 6) is -0.402. The fourth-order valence-corrected chi connectivity index (χ4v) is 6.69. The molecule has 2 atom stereocenters. The monoisotopic (exact) mass is 484 g/mol. The first-order chi connectivity index (χ1) is 14.7. The molecule has 0 amide bonds. The Kier molecular flexibility index (Phi) is 7.20. The van der Waals surface area contributed by atoms with E-state index in [1.807, 2.05) is 0 Å². The van der Waals surface area contributed by atoms with E-state index >= 15 is 0 Å². The number of thiophene rings is 1. The molecule has 9 heteroatoms. The third-order valence-electron chi connectivity index (χ3n) is 5.61. The summed E-state index contributed by atoms with van der Waals surface area (Å²) in [7, 11) is -3.69. The topological polar surface area (TPSA) is 105 Å². The van der Waals surface area contributed by atoms with Gasteiger partial charge in [-0.05, 0) is 59.6 Å². The molecule has 1 aromatic carbocycles. The van der Waals surface area contributed by atoms with Crippen LogP contribution in [-0.4, -0.2) is 20.6 Å². The van der Waals surface area contributed by atoms with Crippen LogP contribution in [0.3, 0.4) is 0 Å². The van der Waals surface area contributed by atoms with Gasteiger partial charge in [0.25, 0.3) is 0 Å². The number of aliphatic hydroxyl groups is 2. The number of fused-ring (bicyclic) bond motifs is 1. The maximum absolute atomic E-state index is 14.5. The minimum Gasteiger partial charge on any atom is -0.385 e. The Bertz CT molecular complexity index is 1130. The summed E-state index contributed by atoms with van der Waals surface area (Å²) < 4.78 is 36.9. The minimum atomic E-state index is -3.69. The maximum Gasteiger partial charge on any atom is 0.159 e. The van der Waals surface area contributed by atoms with Gasteiger partial charge in [0.05, 0.1) is 18.8 Å². The second kappa shape index (κ2) is 9.12. The first kappa shape index (κ1) is 25.3. The number of halogens is 1. The standard InChI is InChI=1S/C23H33FN2O4S2/c1-12(2)15-7-14-10-30-11-17(14)21(13(3)4)16(15)8-20(27)26-32(25,29)22-18(24)9-19(31-22)23(5,6)28/h7,9,12-13,20,27-28H,8,10-11H2,1-6H3,(H2,25,26,29). The summed E-state index contributed by atoms with van der Waals surface area (Å²) in [5, 5.41) is 26.8. The summed E-state index contributed by atoms with van der Waals surface area (Å²) in [6.07, 6.45) is -1.26. The molecular formula is C23H33FN2O4S2. The van der Waals surface area contributed by atoms with Crippen LogP contribution in [0.2, 0.25) is 0 Å². The molecule has 32 heavy (non-hydrogen) atoms. The Morgan fingerprint density at radius 3 is 2.44 bits per heavy atom. The molecule has 2 aromatic rings. The molecule has 2 unspecified atom stereocenters. The van der Waals surface area contributed by atoms with Gasteiger partial charge >= 0.3 is 0 Å². The van der Waals surface area contributed by atoms with Crippen LogP contribution < -0.4 is 5.14 Å². The molecule has 0 radical (unpaired) electrons. The molecular weight excluding hydrogens is 451 g/mol. The fourth-order valence-electron chi connectivity index (χ4n) is 4.18. The average molecular weight is 485 g/mol. The van der Waals surface area contributed by atoms with Crippen molar-refractivity contribution in [3.05, 3.63) is 50.6 Å². The van der Waals surface area contributed by atoms with Gasteiger partial charge in [-0.25, -0.2) is 13.7 Å². The van der Waals surface area contributed by atoms with Crippen LogP contribution in [0.25, 0.3) is 0 Å². The molecule has 0 fully saturated rings. The molecule has 2 heterocycles. The predicted octanol–water partition coefficient (Wildman–Crippen LogP) is 4.65. The molecule has 0 aliphatic carbocycles. The minimum absolute atomic E-state index is 0.119. The van der Waals surface area contributed by atoms with Crippen molar-refractivity contribution in [3.63, 3.8) is 0 Å². The predicted molar refractivity (Wildman–Crippen MR) is 125 cm³/mol. The molecule has 0 saturated carbocycles. The quantitative estimate of drug-likeness (QED) is 0.532. The number of rotatable bonds is 7. The van der Waals surface area contributed by atoms with Gasteiger partial charge < -0.3 is 14.9 Å². The number of benzene rings is 1. The lowest BCUT2D eigenvalue weighted by molar-refractivity contribution is 0.0823. The number of hydrogen-bond acceptors (Lipinski definition) is 6. The Hall–Kier alpha value is -1.36. The van der Waals surface area contributed by atoms with Gasteiger partial charge in [-0.2, -0.15) is 4.36 Å². The van der Waals surface area contributed by atoms with Crippen LogP contribution in [0, 0.1) is 5.82 Å². The summed E-state index contributed by atoms with van der Waals surface area (Å²) >= 11 is 0.807. The third-order valence-corrected chi connectivity index (χ3v) is 9.08. The number of nitrogens with two attached hydrogens (primary N) is 1. The largest absolute Gasteiger partial charge is 0.385 e. The zero-order valence-corrected chi connectivity index (χ0v) is 21.1. The van der Waals surface area contributed by atoms with Gasteiger partial charge in [0, 0.05) is 11.3 Å². The molecule has 178 valence electrons. The maximum atomic E-state index is 14.5. The first-order valence-corrected chi connectivity index (χ1v) is 13.1. The SMILES string of the molecule is CC(C)c1cc2c(c(C(C)C)c1CC(O)N=S(N)(=O)c1sc(C(C)(C)O)cc1F)COC2. The van der Waals surface area contributed by atoms with Crippen LogP contribution in [-0.2, 0) is 39.9 Å². The van der Waals surface area contributed by atoms with Crippen molar-refractivity contribution in [3.8, 4) is 0 Å². The summed E-state index contributed by atoms with van der Waals surface area (Å²) in [6, 6.07) is 3.23. The number of hydrogen-bond donors (Lipinski definition) is 3. The van der Waals surface area contributed by atoms with Crippen LogP contribution >= 0.6 is 11.3 Å². The smallest absolute Gasteiger partial charge is 0.159 e. The summed E-state index contributed by atoms with van der Waals surface area (Å²) in [4.78, 5) is 0.288. The van der Waals surface area contributed by atoms with Crippen LogP contribution in [0.5, 0.6) is 0 Å². The van der Waals surface area contributed by atoms with Gasteiger partial charge in [-0.1, -0.05) is 33.8 Å². The van der Waals surface area contributed by atoms with Crippen LogP contribution in [0.1, 0.15) is 86.1 Å². The van der Waals surface area contributed by atoms with Gasteiger partial charge in [-0.3, -0.25) is 0 Å². The highest BCUT2D eigenvalue weighted by Crippen LogP contribution is 2.38. The number of ether oxygens (including phenoxy) is 1. The summed E-state index contributed by atoms with van der Waals surface area (Å²) in [5.41, 5.74) is 4.15. The van der Waals surface area contributed by atoms with E-state index in [1.54, 1.807) is 0 Å². The van der Waals surface area contributed by atoms with Crippen LogP contribution in [0.4, 0.5) is 4.39 Å². The van der Waals surface area contributed by atoms with Crippen molar-refractivity contribution in [1.82, 2.24) is 0 Å². The van der Waals surface area contributed by atoms with Gasteiger partial charge in [0.15, 0.2) is 16.3 Å². The molecule has 1 aliphatic heterocycles. The normalized spacial score (nSPS) is 17.0. The van der Waals surface area contributed by atoms with Crippen LogP contribution in [0.15, 0.2) is 20.7 Å². The first-order valence-electron chi connectivity index (χ1n) is 10.7. The van der Waals surface area contributed by atoms with Crippen molar-refractivity contribution in [2.24, 2.45) is 9.50 Å². The Balaban J connectivity index is 2.04. The molecule has 6 nitrogen and oxygen atoms in total. The van der Waals surface area contributed by atoms with Crippen molar-refractivity contribution in [2.45, 2.75) is 89.1 Å². The van der Waals surface area contributed by atoms with E-state index < -0.39 is 27.6 Å². The van der Waals surface area contributed by atoms with Gasteiger partial charge in [0.1, 0.15) is 9.92 Å². The number of nitrogens with zero attached hydrogens (tertiary/aromatic N) is 1. The summed E-state index contributed by atoms with van der Waals surface area (Å²) in [6.45, 7) is 12.5. The number of aliphatic hydroxyl groups excluding tert-OH is 1. The highest BCUT2D eigenvalue weighted by atomic mass is 32.2. The van der Waals surface area contributed by atoms with Gasteiger partial charge in [0.2, 0.25) is 0 Å².